The first kappa shape index (κ1) is 22.7. The molecule has 31 heavy (non-hydrogen) atoms. The summed E-state index contributed by atoms with van der Waals surface area (Å²) in [4.78, 5) is 36.8. The van der Waals surface area contributed by atoms with Crippen molar-refractivity contribution in [3.63, 3.8) is 0 Å². The first-order valence-corrected chi connectivity index (χ1v) is 10.5. The van der Waals surface area contributed by atoms with Crippen LogP contribution >= 0.6 is 22.9 Å². The van der Waals surface area contributed by atoms with Gasteiger partial charge in [0.05, 0.1) is 18.8 Å². The lowest BCUT2D eigenvalue weighted by Crippen LogP contribution is -2.42. The minimum atomic E-state index is -0.731. The number of esters is 1. The summed E-state index contributed by atoms with van der Waals surface area (Å²) in [6.07, 6.45) is 0. The molecule has 3 aromatic rings. The number of carbonyl (C=O) groups is 3. The normalized spacial score (nSPS) is 10.8. The van der Waals surface area contributed by atoms with Crippen LogP contribution in [0.5, 0.6) is 0 Å². The van der Waals surface area contributed by atoms with Gasteiger partial charge in [-0.3, -0.25) is 14.8 Å². The maximum Gasteiger partial charge on any atom is 0.348 e. The molecule has 0 aliphatic rings. The van der Waals surface area contributed by atoms with E-state index >= 15 is 0 Å². The Balaban J connectivity index is 1.62. The number of imide groups is 1. The van der Waals surface area contributed by atoms with Gasteiger partial charge < -0.3 is 14.8 Å². The van der Waals surface area contributed by atoms with Crippen molar-refractivity contribution in [3.8, 4) is 0 Å². The van der Waals surface area contributed by atoms with E-state index in [1.54, 1.807) is 10.7 Å². The largest absolute Gasteiger partial charge is 0.451 e. The van der Waals surface area contributed by atoms with Crippen LogP contribution in [-0.2, 0) is 20.8 Å². The van der Waals surface area contributed by atoms with E-state index in [4.69, 9.17) is 21.1 Å². The fourth-order valence-corrected chi connectivity index (χ4v) is 4.03. The zero-order chi connectivity index (χ0) is 22.4. The van der Waals surface area contributed by atoms with Crippen molar-refractivity contribution in [1.82, 2.24) is 20.4 Å². The Morgan fingerprint density at radius 3 is 2.77 bits per heavy atom. The highest BCUT2D eigenvalue weighted by Crippen LogP contribution is 2.30. The fraction of sp³-hybridized carbons (Fsp3) is 0.300. The molecule has 9 nitrogen and oxygen atoms in total. The molecule has 2 N–H and O–H groups in total. The van der Waals surface area contributed by atoms with Crippen LogP contribution in [0, 0.1) is 6.92 Å². The Hall–Kier alpha value is -2.95. The third kappa shape index (κ3) is 5.81. The molecule has 0 radical (unpaired) electrons. The van der Waals surface area contributed by atoms with E-state index < -0.39 is 24.5 Å². The predicted molar refractivity (Wildman–Crippen MR) is 117 cm³/mol. The molecular formula is C20H21ClN4O5S. The molecule has 1 aromatic carbocycles. The number of aryl methyl sites for hydroxylation is 1. The van der Waals surface area contributed by atoms with Gasteiger partial charge in [-0.05, 0) is 24.6 Å². The number of hydrogen-bond donors (Lipinski definition) is 2. The molecule has 3 amide bonds. The average Bonchev–Trinajstić information content (AvgIpc) is 3.29. The minimum absolute atomic E-state index is 0.252. The van der Waals surface area contributed by atoms with Gasteiger partial charge in [-0.15, -0.1) is 11.3 Å². The molecule has 0 unspecified atom stereocenters. The maximum atomic E-state index is 12.4. The highest BCUT2D eigenvalue weighted by Gasteiger charge is 2.19. The number of rotatable bonds is 8. The molecule has 0 bridgehead atoms. The van der Waals surface area contributed by atoms with Gasteiger partial charge in [0, 0.05) is 24.1 Å². The number of hydrogen-bond acceptors (Lipinski definition) is 7. The molecule has 0 aliphatic heterocycles. The van der Waals surface area contributed by atoms with E-state index in [9.17, 15) is 14.4 Å². The lowest BCUT2D eigenvalue weighted by molar-refractivity contribution is -0.123. The van der Waals surface area contributed by atoms with Crippen LogP contribution in [0.1, 0.15) is 20.9 Å². The number of ether oxygens (including phenoxy) is 2. The number of nitrogens with zero attached hydrogens (tertiary/aromatic N) is 2. The second-order valence-electron chi connectivity index (χ2n) is 6.54. The minimum Gasteiger partial charge on any atom is -0.451 e. The van der Waals surface area contributed by atoms with Crippen molar-refractivity contribution >= 4 is 51.1 Å². The number of urea groups is 1. The molecule has 0 fully saturated rings. The van der Waals surface area contributed by atoms with Gasteiger partial charge in [0.1, 0.15) is 9.71 Å². The molecule has 0 saturated heterocycles. The van der Waals surface area contributed by atoms with Crippen LogP contribution in [-0.4, -0.2) is 54.6 Å². The van der Waals surface area contributed by atoms with E-state index in [0.29, 0.717) is 23.1 Å². The molecular weight excluding hydrogens is 444 g/mol. The summed E-state index contributed by atoms with van der Waals surface area (Å²) < 4.78 is 11.6. The van der Waals surface area contributed by atoms with Crippen molar-refractivity contribution in [2.75, 3.05) is 26.9 Å². The van der Waals surface area contributed by atoms with Crippen LogP contribution in [0.2, 0.25) is 5.02 Å². The average molecular weight is 465 g/mol. The van der Waals surface area contributed by atoms with Crippen molar-refractivity contribution in [2.45, 2.75) is 13.5 Å². The number of halogens is 1. The number of amides is 3. The molecule has 3 rings (SSSR count). The molecule has 0 atom stereocenters. The van der Waals surface area contributed by atoms with Gasteiger partial charge in [-0.1, -0.05) is 29.8 Å². The second-order valence-corrected chi connectivity index (χ2v) is 7.97. The lowest BCUT2D eigenvalue weighted by Gasteiger charge is -2.06. The zero-order valence-electron chi connectivity index (χ0n) is 16.9. The second kappa shape index (κ2) is 10.4. The number of benzene rings is 1. The Morgan fingerprint density at radius 1 is 1.26 bits per heavy atom. The SMILES string of the molecule is COCCNC(=O)NC(=O)COC(=O)c1cc2c(C)nn(Cc3ccccc3Cl)c2s1. The van der Waals surface area contributed by atoms with E-state index in [0.717, 1.165) is 21.5 Å². The Labute approximate surface area is 187 Å². The summed E-state index contributed by atoms with van der Waals surface area (Å²) in [6.45, 7) is 2.30. The summed E-state index contributed by atoms with van der Waals surface area (Å²) in [6, 6.07) is 8.48. The molecule has 2 heterocycles. The van der Waals surface area contributed by atoms with Gasteiger partial charge >= 0.3 is 12.0 Å². The van der Waals surface area contributed by atoms with Gasteiger partial charge in [0.25, 0.3) is 5.91 Å². The Kier molecular flexibility index (Phi) is 7.61. The molecule has 11 heteroatoms. The number of aromatic nitrogens is 2. The highest BCUT2D eigenvalue weighted by atomic mass is 35.5. The van der Waals surface area contributed by atoms with Gasteiger partial charge in [0.2, 0.25) is 0 Å². The molecule has 0 spiro atoms. The summed E-state index contributed by atoms with van der Waals surface area (Å²) in [7, 11) is 1.49. The first-order chi connectivity index (χ1) is 14.9. The van der Waals surface area contributed by atoms with Crippen LogP contribution in [0.4, 0.5) is 4.79 Å². The smallest absolute Gasteiger partial charge is 0.348 e. The Bertz CT molecular complexity index is 1110. The maximum absolute atomic E-state index is 12.4. The van der Waals surface area contributed by atoms with Crippen LogP contribution in [0.3, 0.4) is 0 Å². The van der Waals surface area contributed by atoms with Crippen LogP contribution < -0.4 is 10.6 Å². The summed E-state index contributed by atoms with van der Waals surface area (Å²) >= 11 is 7.46. The van der Waals surface area contributed by atoms with E-state index in [1.165, 1.54) is 18.4 Å². The Morgan fingerprint density at radius 2 is 2.03 bits per heavy atom. The van der Waals surface area contributed by atoms with Crippen molar-refractivity contribution in [1.29, 1.82) is 0 Å². The third-order valence-electron chi connectivity index (χ3n) is 4.27. The predicted octanol–water partition coefficient (Wildman–Crippen LogP) is 2.74. The van der Waals surface area contributed by atoms with Crippen LogP contribution in [0.25, 0.3) is 10.2 Å². The third-order valence-corrected chi connectivity index (χ3v) is 5.76. The number of thiophene rings is 1. The van der Waals surface area contributed by atoms with Crippen LogP contribution in [0.15, 0.2) is 30.3 Å². The molecule has 2 aromatic heterocycles. The van der Waals surface area contributed by atoms with E-state index in [2.05, 4.69) is 15.7 Å². The summed E-state index contributed by atoms with van der Waals surface area (Å²) in [5.41, 5.74) is 1.68. The van der Waals surface area contributed by atoms with Gasteiger partial charge in [0.15, 0.2) is 6.61 Å². The summed E-state index contributed by atoms with van der Waals surface area (Å²) in [5.74, 6) is -1.38. The standard InChI is InChI=1S/C20H21ClN4O5S/c1-12-14-9-16(19(27)30-11-17(26)23-20(28)22-7-8-29-2)31-18(14)25(24-12)10-13-5-3-4-6-15(13)21/h3-6,9H,7-8,10-11H2,1-2H3,(H2,22,23,26,28). The number of methoxy groups -OCH3 is 1. The first-order valence-electron chi connectivity index (χ1n) is 9.33. The van der Waals surface area contributed by atoms with Gasteiger partial charge in [-0.25, -0.2) is 9.59 Å². The highest BCUT2D eigenvalue weighted by molar-refractivity contribution is 7.20. The van der Waals surface area contributed by atoms with E-state index in [1.807, 2.05) is 31.2 Å². The molecule has 0 aliphatic carbocycles. The fourth-order valence-electron chi connectivity index (χ4n) is 2.78. The van der Waals surface area contributed by atoms with Crippen molar-refractivity contribution in [3.05, 3.63) is 51.5 Å². The molecule has 164 valence electrons. The van der Waals surface area contributed by atoms with E-state index in [-0.39, 0.29) is 6.54 Å². The number of fused-ring (bicyclic) bond motifs is 1. The van der Waals surface area contributed by atoms with Crippen molar-refractivity contribution in [2.24, 2.45) is 0 Å². The topological polar surface area (TPSA) is 112 Å². The summed E-state index contributed by atoms with van der Waals surface area (Å²) in [5, 5.41) is 10.5. The number of nitrogens with one attached hydrogen (secondary N) is 2. The number of carbonyl (C=O) groups excluding carboxylic acids is 3. The quantitative estimate of drug-likeness (QED) is 0.391. The van der Waals surface area contributed by atoms with Gasteiger partial charge in [-0.2, -0.15) is 5.10 Å². The zero-order valence-corrected chi connectivity index (χ0v) is 18.5. The van der Waals surface area contributed by atoms with Crippen molar-refractivity contribution < 1.29 is 23.9 Å². The monoisotopic (exact) mass is 464 g/mol. The lowest BCUT2D eigenvalue weighted by atomic mass is 10.2. The molecule has 0 saturated carbocycles.